The lowest BCUT2D eigenvalue weighted by Crippen LogP contribution is -2.30. The fraction of sp³-hybridized carbons (Fsp3) is 0.500. The van der Waals surface area contributed by atoms with E-state index in [1.165, 1.54) is 24.8 Å². The van der Waals surface area contributed by atoms with Gasteiger partial charge in [-0.25, -0.2) is 0 Å². The van der Waals surface area contributed by atoms with Crippen LogP contribution in [0.4, 0.5) is 5.69 Å². The van der Waals surface area contributed by atoms with E-state index in [4.69, 9.17) is 12.2 Å². The van der Waals surface area contributed by atoms with Crippen molar-refractivity contribution in [3.05, 3.63) is 29.8 Å². The highest BCUT2D eigenvalue weighted by Crippen LogP contribution is 2.21. The summed E-state index contributed by atoms with van der Waals surface area (Å²) < 4.78 is 0. The van der Waals surface area contributed by atoms with Gasteiger partial charge in [-0.05, 0) is 55.1 Å². The molecule has 92 valence electrons. The Labute approximate surface area is 109 Å². The van der Waals surface area contributed by atoms with Crippen molar-refractivity contribution in [2.24, 2.45) is 0 Å². The Morgan fingerprint density at radius 2 is 2.00 bits per heavy atom. The van der Waals surface area contributed by atoms with Crippen LogP contribution < -0.4 is 10.6 Å². The lowest BCUT2D eigenvalue weighted by atomic mass is 9.99. The summed E-state index contributed by atoms with van der Waals surface area (Å²) in [5.74, 6) is 0.626. The number of hydrogen-bond donors (Lipinski definition) is 2. The second-order valence-electron chi connectivity index (χ2n) is 4.80. The minimum Gasteiger partial charge on any atom is -0.360 e. The quantitative estimate of drug-likeness (QED) is 0.795. The van der Waals surface area contributed by atoms with Crippen LogP contribution in [-0.2, 0) is 0 Å². The van der Waals surface area contributed by atoms with E-state index in [-0.39, 0.29) is 0 Å². The van der Waals surface area contributed by atoms with Crippen LogP contribution >= 0.6 is 12.2 Å². The van der Waals surface area contributed by atoms with Gasteiger partial charge in [0, 0.05) is 11.7 Å². The van der Waals surface area contributed by atoms with Crippen LogP contribution in [0, 0.1) is 0 Å². The first kappa shape index (κ1) is 12.4. The van der Waals surface area contributed by atoms with E-state index in [2.05, 4.69) is 48.7 Å². The van der Waals surface area contributed by atoms with Gasteiger partial charge in [0.05, 0.1) is 0 Å². The number of thiocarbonyl (C=S) groups is 1. The van der Waals surface area contributed by atoms with Gasteiger partial charge in [0.1, 0.15) is 0 Å². The Kier molecular flexibility index (Phi) is 4.00. The average molecular weight is 248 g/mol. The van der Waals surface area contributed by atoms with Crippen molar-refractivity contribution in [1.29, 1.82) is 0 Å². The van der Waals surface area contributed by atoms with E-state index >= 15 is 0 Å². The maximum absolute atomic E-state index is 5.24. The fourth-order valence-corrected chi connectivity index (χ4v) is 2.00. The Morgan fingerprint density at radius 3 is 2.53 bits per heavy atom. The van der Waals surface area contributed by atoms with Gasteiger partial charge in [0.25, 0.3) is 0 Å². The van der Waals surface area contributed by atoms with Crippen molar-refractivity contribution in [2.75, 3.05) is 5.32 Å². The molecular weight excluding hydrogens is 228 g/mol. The first-order valence-corrected chi connectivity index (χ1v) is 6.77. The monoisotopic (exact) mass is 248 g/mol. The highest BCUT2D eigenvalue weighted by Gasteiger charge is 2.21. The summed E-state index contributed by atoms with van der Waals surface area (Å²) in [4.78, 5) is 0. The smallest absolute Gasteiger partial charge is 0.170 e. The fourth-order valence-electron chi connectivity index (χ4n) is 1.71. The van der Waals surface area contributed by atoms with E-state index < -0.39 is 0 Å². The molecule has 1 aliphatic rings. The summed E-state index contributed by atoms with van der Waals surface area (Å²) in [7, 11) is 0. The number of rotatable bonds is 4. The normalized spacial score (nSPS) is 16.4. The van der Waals surface area contributed by atoms with Crippen LogP contribution in [0.15, 0.2) is 24.3 Å². The van der Waals surface area contributed by atoms with Gasteiger partial charge in [0.2, 0.25) is 0 Å². The number of hydrogen-bond acceptors (Lipinski definition) is 1. The third kappa shape index (κ3) is 3.70. The first-order chi connectivity index (χ1) is 8.19. The standard InChI is InChI=1S/C14H20N2S/c1-3-10(2)11-4-6-12(7-5-11)15-14(17)16-13-8-9-13/h4-7,10,13H,3,8-9H2,1-2H3,(H2,15,16,17). The summed E-state index contributed by atoms with van der Waals surface area (Å²) in [6.45, 7) is 4.47. The second kappa shape index (κ2) is 5.50. The number of benzene rings is 1. The first-order valence-electron chi connectivity index (χ1n) is 6.36. The van der Waals surface area contributed by atoms with Gasteiger partial charge < -0.3 is 10.6 Å². The summed E-state index contributed by atoms with van der Waals surface area (Å²) in [6.07, 6.45) is 3.66. The van der Waals surface area contributed by atoms with Crippen LogP contribution in [0.5, 0.6) is 0 Å². The molecule has 0 heterocycles. The van der Waals surface area contributed by atoms with Crippen molar-refractivity contribution in [1.82, 2.24) is 5.32 Å². The van der Waals surface area contributed by atoms with Crippen molar-refractivity contribution < 1.29 is 0 Å². The molecule has 0 aromatic heterocycles. The van der Waals surface area contributed by atoms with E-state index in [9.17, 15) is 0 Å². The van der Waals surface area contributed by atoms with Crippen molar-refractivity contribution in [2.45, 2.75) is 45.1 Å². The van der Waals surface area contributed by atoms with Crippen molar-refractivity contribution >= 4 is 23.0 Å². The van der Waals surface area contributed by atoms with Crippen molar-refractivity contribution in [3.63, 3.8) is 0 Å². The number of nitrogens with one attached hydrogen (secondary N) is 2. The Bertz CT molecular complexity index is 382. The van der Waals surface area contributed by atoms with E-state index in [0.717, 1.165) is 10.8 Å². The van der Waals surface area contributed by atoms with Gasteiger partial charge in [0.15, 0.2) is 5.11 Å². The molecule has 1 atom stereocenters. The average Bonchev–Trinajstić information content (AvgIpc) is 3.12. The molecule has 1 aliphatic carbocycles. The Morgan fingerprint density at radius 1 is 1.35 bits per heavy atom. The summed E-state index contributed by atoms with van der Waals surface area (Å²) in [5.41, 5.74) is 2.45. The van der Waals surface area contributed by atoms with E-state index in [0.29, 0.717) is 12.0 Å². The van der Waals surface area contributed by atoms with Gasteiger partial charge in [-0.15, -0.1) is 0 Å². The van der Waals surface area contributed by atoms with Gasteiger partial charge >= 0.3 is 0 Å². The lowest BCUT2D eigenvalue weighted by molar-refractivity contribution is 0.734. The molecule has 1 fully saturated rings. The molecule has 1 saturated carbocycles. The van der Waals surface area contributed by atoms with Gasteiger partial charge in [-0.1, -0.05) is 26.0 Å². The van der Waals surface area contributed by atoms with Gasteiger partial charge in [-0.2, -0.15) is 0 Å². The molecule has 1 aromatic carbocycles. The highest BCUT2D eigenvalue weighted by molar-refractivity contribution is 7.80. The zero-order chi connectivity index (χ0) is 12.3. The summed E-state index contributed by atoms with van der Waals surface area (Å²) in [5, 5.41) is 7.23. The largest absolute Gasteiger partial charge is 0.360 e. The van der Waals surface area contributed by atoms with Crippen LogP contribution in [-0.4, -0.2) is 11.2 Å². The van der Waals surface area contributed by atoms with Crippen LogP contribution in [0.2, 0.25) is 0 Å². The topological polar surface area (TPSA) is 24.1 Å². The minimum atomic E-state index is 0.606. The molecule has 0 amide bonds. The van der Waals surface area contributed by atoms with Gasteiger partial charge in [-0.3, -0.25) is 0 Å². The summed E-state index contributed by atoms with van der Waals surface area (Å²) >= 11 is 5.24. The van der Waals surface area contributed by atoms with Crippen LogP contribution in [0.25, 0.3) is 0 Å². The third-order valence-electron chi connectivity index (χ3n) is 3.26. The van der Waals surface area contributed by atoms with Crippen LogP contribution in [0.3, 0.4) is 0 Å². The highest BCUT2D eigenvalue weighted by atomic mass is 32.1. The van der Waals surface area contributed by atoms with Crippen molar-refractivity contribution in [3.8, 4) is 0 Å². The predicted molar refractivity (Wildman–Crippen MR) is 77.5 cm³/mol. The minimum absolute atomic E-state index is 0.606. The Hall–Kier alpha value is -1.09. The number of anilines is 1. The zero-order valence-corrected chi connectivity index (χ0v) is 11.3. The maximum atomic E-state index is 5.24. The molecule has 17 heavy (non-hydrogen) atoms. The Balaban J connectivity index is 1.90. The molecule has 0 bridgehead atoms. The molecule has 1 unspecified atom stereocenters. The SMILES string of the molecule is CCC(C)c1ccc(NC(=S)NC2CC2)cc1. The van der Waals surface area contributed by atoms with Crippen LogP contribution in [0.1, 0.15) is 44.6 Å². The molecule has 0 saturated heterocycles. The molecule has 0 radical (unpaired) electrons. The lowest BCUT2D eigenvalue weighted by Gasteiger charge is -2.12. The third-order valence-corrected chi connectivity index (χ3v) is 3.48. The molecular formula is C14H20N2S. The zero-order valence-electron chi connectivity index (χ0n) is 10.5. The molecule has 3 heteroatoms. The molecule has 1 aromatic rings. The maximum Gasteiger partial charge on any atom is 0.170 e. The molecule has 0 spiro atoms. The van der Waals surface area contributed by atoms with E-state index in [1.54, 1.807) is 0 Å². The molecule has 2 nitrogen and oxygen atoms in total. The molecule has 2 N–H and O–H groups in total. The van der Waals surface area contributed by atoms with E-state index in [1.807, 2.05) is 0 Å². The molecule has 2 rings (SSSR count). The predicted octanol–water partition coefficient (Wildman–Crippen LogP) is 3.65. The molecule has 0 aliphatic heterocycles. The second-order valence-corrected chi connectivity index (χ2v) is 5.21. The summed E-state index contributed by atoms with van der Waals surface area (Å²) in [6, 6.07) is 9.16.